The Kier molecular flexibility index (Phi) is 4.87. The zero-order valence-corrected chi connectivity index (χ0v) is 17.4. The molecule has 0 aliphatic heterocycles. The van der Waals surface area contributed by atoms with Crippen molar-refractivity contribution >= 4 is 52.9 Å². The maximum absolute atomic E-state index is 2.37. The molecule has 0 aliphatic carbocycles. The van der Waals surface area contributed by atoms with Gasteiger partial charge in [-0.2, -0.15) is 0 Å². The minimum atomic E-state index is 0.403. The van der Waals surface area contributed by atoms with Crippen LogP contribution in [-0.2, 0) is 0 Å². The Hall–Kier alpha value is -1.04. The van der Waals surface area contributed by atoms with Gasteiger partial charge in [-0.05, 0) is 0 Å². The van der Waals surface area contributed by atoms with Crippen molar-refractivity contribution in [1.29, 1.82) is 0 Å². The molecule has 2 aromatic heterocycles. The molecule has 2 aromatic carbocycles. The summed E-state index contributed by atoms with van der Waals surface area (Å²) < 4.78 is 6.28. The van der Waals surface area contributed by atoms with Gasteiger partial charge in [-0.3, -0.25) is 0 Å². The first-order valence-corrected chi connectivity index (χ1v) is 12.8. The molecular weight excluding hydrogens is 477 g/mol. The van der Waals surface area contributed by atoms with Gasteiger partial charge in [0, 0.05) is 0 Å². The van der Waals surface area contributed by atoms with E-state index < -0.39 is 0 Å². The first-order chi connectivity index (χ1) is 11.4. The topological polar surface area (TPSA) is 0 Å². The van der Waals surface area contributed by atoms with Crippen LogP contribution in [0.5, 0.6) is 0 Å². The first kappa shape index (κ1) is 15.5. The van der Waals surface area contributed by atoms with Gasteiger partial charge in [0.2, 0.25) is 0 Å². The monoisotopic (exact) mass is 494 g/mol. The molecule has 2 heterocycles. The van der Waals surface area contributed by atoms with Gasteiger partial charge < -0.3 is 0 Å². The predicted molar refractivity (Wildman–Crippen MR) is 103 cm³/mol. The molecule has 0 spiro atoms. The van der Waals surface area contributed by atoms with Crippen LogP contribution in [0.2, 0.25) is 0 Å². The Morgan fingerprint density at radius 3 is 1.39 bits per heavy atom. The summed E-state index contributed by atoms with van der Waals surface area (Å²) in [5.41, 5.74) is 2.81. The van der Waals surface area contributed by atoms with E-state index in [9.17, 15) is 0 Å². The number of hydrogen-bond acceptors (Lipinski definition) is 0. The normalized spacial score (nSPS) is 10.8. The second-order valence-electron chi connectivity index (χ2n) is 5.06. The molecule has 4 aromatic rings. The van der Waals surface area contributed by atoms with E-state index in [1.807, 2.05) is 0 Å². The molecule has 112 valence electrons. The number of hydrogen-bond donors (Lipinski definition) is 0. The van der Waals surface area contributed by atoms with Crippen LogP contribution in [0.1, 0.15) is 0 Å². The van der Waals surface area contributed by atoms with Gasteiger partial charge in [0.15, 0.2) is 0 Å². The van der Waals surface area contributed by atoms with E-state index >= 15 is 0 Å². The molecule has 0 atom stereocenters. The van der Waals surface area contributed by atoms with E-state index in [2.05, 4.69) is 82.7 Å². The Morgan fingerprint density at radius 2 is 0.957 bits per heavy atom. The molecule has 0 N–H and O–H groups in total. The van der Waals surface area contributed by atoms with E-state index in [0.29, 0.717) is 44.0 Å². The molecule has 0 radical (unpaired) electrons. The summed E-state index contributed by atoms with van der Waals surface area (Å²) in [7, 11) is 0. The van der Waals surface area contributed by atoms with E-state index in [-0.39, 0.29) is 0 Å². The van der Waals surface area contributed by atoms with Crippen molar-refractivity contribution in [3.63, 3.8) is 0 Å². The predicted octanol–water partition coefficient (Wildman–Crippen LogP) is 2.79. The molecule has 0 saturated heterocycles. The summed E-state index contributed by atoms with van der Waals surface area (Å²) in [6.07, 6.45) is 0. The molecule has 0 unspecified atom stereocenters. The van der Waals surface area contributed by atoms with E-state index in [1.165, 1.54) is 11.1 Å². The second-order valence-corrected chi connectivity index (χ2v) is 11.2. The molecule has 0 fully saturated rings. The molecular formula is C20H14Se3. The van der Waals surface area contributed by atoms with Crippen LogP contribution in [0.25, 0.3) is 20.0 Å². The zero-order valence-electron chi connectivity index (χ0n) is 12.3. The second kappa shape index (κ2) is 7.24. The summed E-state index contributed by atoms with van der Waals surface area (Å²) in [6, 6.07) is 26.5. The van der Waals surface area contributed by atoms with Crippen molar-refractivity contribution in [2.45, 2.75) is 0 Å². The standard InChI is InChI=1S/C20H14Se3/c1-3-7-15(8-4-1)19-17(11-13-21-19)23-18-12-14-22-20(18)16-9-5-2-6-10-16/h1-14H. The van der Waals surface area contributed by atoms with Crippen molar-refractivity contribution in [1.82, 2.24) is 0 Å². The Labute approximate surface area is 154 Å². The van der Waals surface area contributed by atoms with Crippen molar-refractivity contribution in [3.8, 4) is 20.0 Å². The third-order valence-electron chi connectivity index (χ3n) is 3.55. The van der Waals surface area contributed by atoms with Crippen molar-refractivity contribution in [3.05, 3.63) is 82.7 Å². The summed E-state index contributed by atoms with van der Waals surface area (Å²) in [6.45, 7) is 0. The van der Waals surface area contributed by atoms with Crippen LogP contribution < -0.4 is 8.92 Å². The van der Waals surface area contributed by atoms with Gasteiger partial charge >= 0.3 is 156 Å². The Morgan fingerprint density at radius 1 is 0.522 bits per heavy atom. The Balaban J connectivity index is 1.69. The maximum atomic E-state index is 2.37. The van der Waals surface area contributed by atoms with Crippen molar-refractivity contribution in [2.75, 3.05) is 0 Å². The van der Waals surface area contributed by atoms with Crippen LogP contribution >= 0.6 is 0 Å². The van der Waals surface area contributed by atoms with Gasteiger partial charge in [0.1, 0.15) is 0 Å². The van der Waals surface area contributed by atoms with Crippen LogP contribution in [0.4, 0.5) is 0 Å². The third-order valence-corrected chi connectivity index (χ3v) is 11.3. The molecule has 3 heteroatoms. The average Bonchev–Trinajstić information content (AvgIpc) is 3.26. The molecule has 0 bridgehead atoms. The van der Waals surface area contributed by atoms with Crippen LogP contribution in [0.15, 0.2) is 82.7 Å². The van der Waals surface area contributed by atoms with Gasteiger partial charge in [-0.25, -0.2) is 0 Å². The quantitative estimate of drug-likeness (QED) is 0.386. The summed E-state index contributed by atoms with van der Waals surface area (Å²) in [5, 5.41) is 0. The van der Waals surface area contributed by atoms with E-state index in [1.54, 1.807) is 17.8 Å². The summed E-state index contributed by atoms with van der Waals surface area (Å²) >= 11 is 1.37. The zero-order chi connectivity index (χ0) is 15.5. The van der Waals surface area contributed by atoms with Crippen LogP contribution in [-0.4, -0.2) is 44.0 Å². The minimum absolute atomic E-state index is 0.403. The van der Waals surface area contributed by atoms with Crippen LogP contribution in [0.3, 0.4) is 0 Å². The number of rotatable bonds is 4. The fourth-order valence-corrected chi connectivity index (χ4v) is 10.6. The van der Waals surface area contributed by atoms with Crippen molar-refractivity contribution in [2.24, 2.45) is 0 Å². The number of benzene rings is 2. The molecule has 23 heavy (non-hydrogen) atoms. The van der Waals surface area contributed by atoms with Gasteiger partial charge in [-0.1, -0.05) is 0 Å². The molecule has 0 aliphatic rings. The Bertz CT molecular complexity index is 813. The summed E-state index contributed by atoms with van der Waals surface area (Å²) in [5.74, 6) is 0. The van der Waals surface area contributed by atoms with Crippen molar-refractivity contribution < 1.29 is 0 Å². The average molecular weight is 491 g/mol. The molecule has 0 saturated carbocycles. The van der Waals surface area contributed by atoms with Gasteiger partial charge in [-0.15, -0.1) is 0 Å². The molecule has 0 nitrogen and oxygen atoms in total. The first-order valence-electron chi connectivity index (χ1n) is 7.35. The summed E-state index contributed by atoms with van der Waals surface area (Å²) in [4.78, 5) is 4.75. The molecule has 0 amide bonds. The van der Waals surface area contributed by atoms with Crippen LogP contribution in [0, 0.1) is 0 Å². The third kappa shape index (κ3) is 3.42. The fourth-order valence-electron chi connectivity index (χ4n) is 2.47. The van der Waals surface area contributed by atoms with E-state index in [4.69, 9.17) is 0 Å². The van der Waals surface area contributed by atoms with E-state index in [0.717, 1.165) is 0 Å². The van der Waals surface area contributed by atoms with Gasteiger partial charge in [0.05, 0.1) is 0 Å². The van der Waals surface area contributed by atoms with Gasteiger partial charge in [0.25, 0.3) is 0 Å². The fraction of sp³-hybridized carbons (Fsp3) is 0. The molecule has 4 rings (SSSR count). The SMILES string of the molecule is c1ccc(-c2[se]ccc2[Se]c2cc[se]c2-c2ccccc2)cc1.